The van der Waals surface area contributed by atoms with Crippen molar-refractivity contribution in [2.75, 3.05) is 24.8 Å². The molecule has 0 atom stereocenters. The zero-order valence-corrected chi connectivity index (χ0v) is 14.5. The molecule has 0 spiro atoms. The van der Waals surface area contributed by atoms with E-state index in [1.165, 1.54) is 11.8 Å². The minimum absolute atomic E-state index is 0.321. The highest BCUT2D eigenvalue weighted by Crippen LogP contribution is 2.24. The minimum atomic E-state index is -0.650. The van der Waals surface area contributed by atoms with Crippen LogP contribution < -0.4 is 10.1 Å². The van der Waals surface area contributed by atoms with E-state index in [-0.39, 0.29) is 13.2 Å². The van der Waals surface area contributed by atoms with Crippen molar-refractivity contribution in [3.8, 4) is 5.75 Å². The third-order valence-electron chi connectivity index (χ3n) is 2.93. The summed E-state index contributed by atoms with van der Waals surface area (Å²) in [6.45, 7) is -0.703. The van der Waals surface area contributed by atoms with E-state index in [0.29, 0.717) is 16.5 Å². The molecule has 0 unspecified atom stereocenters. The third kappa shape index (κ3) is 5.47. The molecule has 1 amide bonds. The molecule has 0 aromatic heterocycles. The fraction of sp³-hybridized carbons (Fsp3) is 0.176. The Hall–Kier alpha value is -2.18. The van der Waals surface area contributed by atoms with E-state index in [0.717, 1.165) is 4.90 Å². The van der Waals surface area contributed by atoms with Gasteiger partial charge in [-0.1, -0.05) is 35.9 Å². The Morgan fingerprint density at radius 1 is 1.08 bits per heavy atom. The van der Waals surface area contributed by atoms with Crippen molar-refractivity contribution >= 4 is 40.9 Å². The van der Waals surface area contributed by atoms with Crippen LogP contribution >= 0.6 is 23.4 Å². The van der Waals surface area contributed by atoms with Gasteiger partial charge in [-0.25, -0.2) is 4.79 Å². The monoisotopic (exact) mass is 365 g/mol. The first-order chi connectivity index (χ1) is 11.6. The topological polar surface area (TPSA) is 64.6 Å². The summed E-state index contributed by atoms with van der Waals surface area (Å²) in [6.07, 6.45) is 1.91. The molecule has 0 heterocycles. The number of ether oxygens (including phenoxy) is 2. The molecule has 0 fully saturated rings. The van der Waals surface area contributed by atoms with Crippen molar-refractivity contribution in [1.29, 1.82) is 0 Å². The van der Waals surface area contributed by atoms with Gasteiger partial charge in [0, 0.05) is 4.90 Å². The summed E-state index contributed by atoms with van der Waals surface area (Å²) in [7, 11) is 0. The lowest BCUT2D eigenvalue weighted by Crippen LogP contribution is -2.23. The Balaban J connectivity index is 1.77. The molecular formula is C17H16ClNO4S. The minimum Gasteiger partial charge on any atom is -0.480 e. The predicted octanol–water partition coefficient (Wildman–Crippen LogP) is 3.62. The van der Waals surface area contributed by atoms with E-state index >= 15 is 0 Å². The summed E-state index contributed by atoms with van der Waals surface area (Å²) in [4.78, 5) is 24.4. The molecule has 0 saturated carbocycles. The van der Waals surface area contributed by atoms with Crippen molar-refractivity contribution < 1.29 is 19.1 Å². The fourth-order valence-electron chi connectivity index (χ4n) is 1.82. The second-order valence-corrected chi connectivity index (χ2v) is 5.88. The maximum Gasteiger partial charge on any atom is 0.344 e. The van der Waals surface area contributed by atoms with Crippen molar-refractivity contribution in [3.63, 3.8) is 0 Å². The molecule has 0 aliphatic heterocycles. The number of hydrogen-bond donors (Lipinski definition) is 1. The van der Waals surface area contributed by atoms with Crippen LogP contribution in [-0.2, 0) is 14.3 Å². The number of para-hydroxylation sites is 2. The lowest BCUT2D eigenvalue weighted by molar-refractivity contribution is -0.149. The van der Waals surface area contributed by atoms with Gasteiger partial charge in [0.1, 0.15) is 5.75 Å². The Morgan fingerprint density at radius 3 is 2.54 bits per heavy atom. The van der Waals surface area contributed by atoms with Gasteiger partial charge in [0.2, 0.25) is 0 Å². The molecule has 0 radical (unpaired) electrons. The Bertz CT molecular complexity index is 723. The fourth-order valence-corrected chi connectivity index (χ4v) is 2.56. The molecule has 2 aromatic rings. The van der Waals surface area contributed by atoms with E-state index in [1.54, 1.807) is 30.3 Å². The predicted molar refractivity (Wildman–Crippen MR) is 94.8 cm³/mol. The average Bonchev–Trinajstić information content (AvgIpc) is 2.59. The van der Waals surface area contributed by atoms with Gasteiger partial charge in [-0.05, 0) is 30.5 Å². The van der Waals surface area contributed by atoms with Gasteiger partial charge in [0.25, 0.3) is 5.91 Å². The molecule has 2 aromatic carbocycles. The van der Waals surface area contributed by atoms with Gasteiger partial charge in [-0.3, -0.25) is 4.79 Å². The summed E-state index contributed by atoms with van der Waals surface area (Å²) in [6, 6.07) is 14.2. The van der Waals surface area contributed by atoms with Gasteiger partial charge in [0.15, 0.2) is 13.2 Å². The molecular weight excluding hydrogens is 350 g/mol. The van der Waals surface area contributed by atoms with E-state index in [9.17, 15) is 9.59 Å². The van der Waals surface area contributed by atoms with Crippen molar-refractivity contribution in [3.05, 3.63) is 53.6 Å². The molecule has 2 rings (SSSR count). The normalized spacial score (nSPS) is 10.1. The highest BCUT2D eigenvalue weighted by Gasteiger charge is 2.11. The number of anilines is 1. The molecule has 0 aliphatic rings. The van der Waals surface area contributed by atoms with Gasteiger partial charge in [-0.2, -0.15) is 0 Å². The van der Waals surface area contributed by atoms with Crippen LogP contribution in [-0.4, -0.2) is 31.3 Å². The van der Waals surface area contributed by atoms with Crippen molar-refractivity contribution in [2.45, 2.75) is 4.90 Å². The van der Waals surface area contributed by atoms with Crippen LogP contribution in [0.3, 0.4) is 0 Å². The summed E-state index contributed by atoms with van der Waals surface area (Å²) >= 11 is 7.42. The maximum atomic E-state index is 11.9. The van der Waals surface area contributed by atoms with Crippen LogP contribution in [0.25, 0.3) is 0 Å². The molecule has 24 heavy (non-hydrogen) atoms. The maximum absolute atomic E-state index is 11.9. The molecule has 0 saturated heterocycles. The standard InChI is InChI=1S/C17H16ClNO4S/c1-24-15-9-5-3-7-13(15)19-16(20)10-23-17(21)11-22-14-8-4-2-6-12(14)18/h2-9H,10-11H2,1H3,(H,19,20). The van der Waals surface area contributed by atoms with E-state index in [2.05, 4.69) is 5.32 Å². The first kappa shape index (κ1) is 18.2. The lowest BCUT2D eigenvalue weighted by Gasteiger charge is -2.10. The summed E-state index contributed by atoms with van der Waals surface area (Å²) < 4.78 is 10.1. The van der Waals surface area contributed by atoms with Gasteiger partial charge < -0.3 is 14.8 Å². The van der Waals surface area contributed by atoms with Crippen LogP contribution in [0.5, 0.6) is 5.75 Å². The number of esters is 1. The molecule has 1 N–H and O–H groups in total. The third-order valence-corrected chi connectivity index (χ3v) is 4.04. The second kappa shape index (κ2) is 9.20. The summed E-state index contributed by atoms with van der Waals surface area (Å²) in [5.41, 5.74) is 0.679. The summed E-state index contributed by atoms with van der Waals surface area (Å²) in [5.74, 6) is -0.680. The van der Waals surface area contributed by atoms with Crippen LogP contribution in [0.1, 0.15) is 0 Å². The number of carbonyl (C=O) groups is 2. The Labute approximate surface area is 149 Å². The van der Waals surface area contributed by atoms with Gasteiger partial charge in [-0.15, -0.1) is 11.8 Å². The first-order valence-corrected chi connectivity index (χ1v) is 8.66. The van der Waals surface area contributed by atoms with E-state index < -0.39 is 11.9 Å². The van der Waals surface area contributed by atoms with E-state index in [1.807, 2.05) is 24.5 Å². The number of hydrogen-bond acceptors (Lipinski definition) is 5. The number of thioether (sulfide) groups is 1. The zero-order valence-electron chi connectivity index (χ0n) is 13.0. The van der Waals surface area contributed by atoms with Gasteiger partial charge >= 0.3 is 5.97 Å². The number of amides is 1. The lowest BCUT2D eigenvalue weighted by atomic mass is 10.3. The Kier molecular flexibility index (Phi) is 6.96. The van der Waals surface area contributed by atoms with Crippen LogP contribution in [0, 0.1) is 0 Å². The van der Waals surface area contributed by atoms with E-state index in [4.69, 9.17) is 21.1 Å². The first-order valence-electron chi connectivity index (χ1n) is 7.06. The second-order valence-electron chi connectivity index (χ2n) is 4.63. The molecule has 5 nitrogen and oxygen atoms in total. The largest absolute Gasteiger partial charge is 0.480 e. The van der Waals surface area contributed by atoms with Crippen LogP contribution in [0.4, 0.5) is 5.69 Å². The molecule has 7 heteroatoms. The molecule has 126 valence electrons. The quantitative estimate of drug-likeness (QED) is 0.599. The highest BCUT2D eigenvalue weighted by molar-refractivity contribution is 7.98. The number of halogens is 1. The number of rotatable bonds is 7. The SMILES string of the molecule is CSc1ccccc1NC(=O)COC(=O)COc1ccccc1Cl. The van der Waals surface area contributed by atoms with Crippen molar-refractivity contribution in [2.24, 2.45) is 0 Å². The molecule has 0 aliphatic carbocycles. The number of benzene rings is 2. The van der Waals surface area contributed by atoms with Crippen LogP contribution in [0.15, 0.2) is 53.4 Å². The number of nitrogens with one attached hydrogen (secondary N) is 1. The number of carbonyl (C=O) groups excluding carboxylic acids is 2. The van der Waals surface area contributed by atoms with Crippen molar-refractivity contribution in [1.82, 2.24) is 0 Å². The van der Waals surface area contributed by atoms with Crippen LogP contribution in [0.2, 0.25) is 5.02 Å². The Morgan fingerprint density at radius 2 is 1.79 bits per heavy atom. The zero-order chi connectivity index (χ0) is 17.4. The highest BCUT2D eigenvalue weighted by atomic mass is 35.5. The van der Waals surface area contributed by atoms with Gasteiger partial charge in [0.05, 0.1) is 10.7 Å². The molecule has 0 bridgehead atoms. The smallest absolute Gasteiger partial charge is 0.344 e. The summed E-state index contributed by atoms with van der Waals surface area (Å²) in [5, 5.41) is 3.10. The average molecular weight is 366 g/mol.